The lowest BCUT2D eigenvalue weighted by Crippen LogP contribution is -2.39. The quantitative estimate of drug-likeness (QED) is 0.847. The number of carbonyl (C=O) groups is 1. The van der Waals surface area contributed by atoms with Crippen LogP contribution >= 0.6 is 0 Å². The minimum Gasteiger partial charge on any atom is -0.337 e. The van der Waals surface area contributed by atoms with Gasteiger partial charge in [0.2, 0.25) is 0 Å². The Morgan fingerprint density at radius 1 is 1.29 bits per heavy atom. The van der Waals surface area contributed by atoms with Crippen LogP contribution in [0.3, 0.4) is 0 Å². The molecule has 1 aliphatic rings. The van der Waals surface area contributed by atoms with Gasteiger partial charge in [0.15, 0.2) is 0 Å². The van der Waals surface area contributed by atoms with Crippen molar-refractivity contribution in [2.75, 3.05) is 13.1 Å². The molecule has 0 atom stereocenters. The van der Waals surface area contributed by atoms with Gasteiger partial charge in [-0.2, -0.15) is 5.10 Å². The van der Waals surface area contributed by atoms with E-state index in [0.29, 0.717) is 11.6 Å². The number of carbonyl (C=O) groups excluding carboxylic acids is 1. The van der Waals surface area contributed by atoms with Crippen molar-refractivity contribution in [3.05, 3.63) is 35.7 Å². The fraction of sp³-hybridized carbons (Fsp3) is 0.611. The maximum Gasteiger partial charge on any atom is 0.272 e. The number of amides is 1. The number of hydrogen-bond donors (Lipinski definition) is 0. The molecular weight excluding hydrogens is 302 g/mol. The Morgan fingerprint density at radius 3 is 2.67 bits per heavy atom. The van der Waals surface area contributed by atoms with Crippen molar-refractivity contribution < 1.29 is 4.79 Å². The summed E-state index contributed by atoms with van der Waals surface area (Å²) in [5.41, 5.74) is 1.94. The van der Waals surface area contributed by atoms with E-state index in [1.165, 1.54) is 5.69 Å². The van der Waals surface area contributed by atoms with Crippen LogP contribution in [0.4, 0.5) is 0 Å². The van der Waals surface area contributed by atoms with E-state index in [1.54, 1.807) is 10.9 Å². The van der Waals surface area contributed by atoms with Crippen LogP contribution in [0.2, 0.25) is 0 Å². The summed E-state index contributed by atoms with van der Waals surface area (Å²) in [4.78, 5) is 19.0. The zero-order valence-corrected chi connectivity index (χ0v) is 14.9. The normalized spacial score (nSPS) is 15.9. The smallest absolute Gasteiger partial charge is 0.272 e. The predicted octanol–water partition coefficient (Wildman–Crippen LogP) is 2.66. The molecule has 0 radical (unpaired) electrons. The molecule has 3 rings (SSSR count). The fourth-order valence-corrected chi connectivity index (χ4v) is 3.58. The average molecular weight is 329 g/mol. The van der Waals surface area contributed by atoms with Crippen LogP contribution < -0.4 is 0 Å². The van der Waals surface area contributed by atoms with Crippen molar-refractivity contribution in [3.63, 3.8) is 0 Å². The Balaban J connectivity index is 1.51. The Bertz CT molecular complexity index is 675. The minimum atomic E-state index is 0.120. The molecule has 0 aliphatic carbocycles. The number of nitrogens with zero attached hydrogens (tertiary/aromatic N) is 5. The summed E-state index contributed by atoms with van der Waals surface area (Å²) in [7, 11) is 0. The van der Waals surface area contributed by atoms with E-state index in [1.807, 2.05) is 24.1 Å². The summed E-state index contributed by atoms with van der Waals surface area (Å²) in [5.74, 6) is 1.90. The molecule has 0 spiro atoms. The van der Waals surface area contributed by atoms with Gasteiger partial charge in [-0.15, -0.1) is 0 Å². The minimum absolute atomic E-state index is 0.120. The van der Waals surface area contributed by atoms with Gasteiger partial charge in [-0.05, 0) is 52.0 Å². The molecule has 0 aromatic carbocycles. The highest BCUT2D eigenvalue weighted by Crippen LogP contribution is 2.23. The van der Waals surface area contributed by atoms with Crippen LogP contribution in [0.1, 0.15) is 48.2 Å². The molecule has 0 unspecified atom stereocenters. The number of piperidine rings is 1. The molecule has 6 nitrogen and oxygen atoms in total. The van der Waals surface area contributed by atoms with Crippen molar-refractivity contribution in [1.82, 2.24) is 24.2 Å². The zero-order chi connectivity index (χ0) is 17.1. The first-order valence-corrected chi connectivity index (χ1v) is 8.90. The largest absolute Gasteiger partial charge is 0.337 e. The van der Waals surface area contributed by atoms with Crippen molar-refractivity contribution in [3.8, 4) is 0 Å². The fourth-order valence-electron chi connectivity index (χ4n) is 3.58. The van der Waals surface area contributed by atoms with Crippen molar-refractivity contribution >= 4 is 5.91 Å². The van der Waals surface area contributed by atoms with Gasteiger partial charge in [0, 0.05) is 44.3 Å². The van der Waals surface area contributed by atoms with E-state index in [0.717, 1.165) is 51.3 Å². The van der Waals surface area contributed by atoms with Gasteiger partial charge >= 0.3 is 0 Å². The summed E-state index contributed by atoms with van der Waals surface area (Å²) < 4.78 is 4.07. The highest BCUT2D eigenvalue weighted by Gasteiger charge is 2.25. The molecule has 24 heavy (non-hydrogen) atoms. The summed E-state index contributed by atoms with van der Waals surface area (Å²) in [6.07, 6.45) is 6.97. The van der Waals surface area contributed by atoms with E-state index in [4.69, 9.17) is 0 Å². The zero-order valence-electron chi connectivity index (χ0n) is 14.9. The average Bonchev–Trinajstić information content (AvgIpc) is 3.20. The van der Waals surface area contributed by atoms with Gasteiger partial charge < -0.3 is 9.47 Å². The van der Waals surface area contributed by atoms with Gasteiger partial charge in [-0.3, -0.25) is 9.48 Å². The van der Waals surface area contributed by atoms with E-state index < -0.39 is 0 Å². The van der Waals surface area contributed by atoms with E-state index in [-0.39, 0.29) is 5.91 Å². The maximum absolute atomic E-state index is 12.6. The summed E-state index contributed by atoms with van der Waals surface area (Å²) in [6, 6.07) is 1.82. The van der Waals surface area contributed by atoms with Crippen LogP contribution in [0.25, 0.3) is 0 Å². The highest BCUT2D eigenvalue weighted by molar-refractivity contribution is 5.92. The summed E-state index contributed by atoms with van der Waals surface area (Å²) >= 11 is 0. The third kappa shape index (κ3) is 3.37. The molecule has 0 N–H and O–H groups in total. The van der Waals surface area contributed by atoms with Gasteiger partial charge in [0.05, 0.1) is 0 Å². The third-order valence-corrected chi connectivity index (χ3v) is 5.15. The standard InChI is InChI=1S/C18H27N5O/c1-4-23-17(5-9-20-23)18(24)21-10-6-16(7-11-21)8-12-22-14(2)13-19-15(22)3/h5,9,13,16H,4,6-8,10-12H2,1-3H3. The van der Waals surface area contributed by atoms with Crippen molar-refractivity contribution in [2.45, 2.75) is 53.1 Å². The van der Waals surface area contributed by atoms with Gasteiger partial charge in [-0.25, -0.2) is 4.98 Å². The second kappa shape index (κ2) is 7.20. The second-order valence-corrected chi connectivity index (χ2v) is 6.65. The van der Waals surface area contributed by atoms with E-state index >= 15 is 0 Å². The Labute approximate surface area is 143 Å². The Morgan fingerprint density at radius 2 is 2.04 bits per heavy atom. The van der Waals surface area contributed by atoms with Crippen LogP contribution in [0.5, 0.6) is 0 Å². The first kappa shape index (κ1) is 16.7. The molecular formula is C18H27N5O. The number of likely N-dealkylation sites (tertiary alicyclic amines) is 1. The number of hydrogen-bond acceptors (Lipinski definition) is 3. The number of aromatic nitrogens is 4. The van der Waals surface area contributed by atoms with E-state index in [2.05, 4.69) is 28.5 Å². The maximum atomic E-state index is 12.6. The predicted molar refractivity (Wildman–Crippen MR) is 92.8 cm³/mol. The van der Waals surface area contributed by atoms with Crippen LogP contribution in [0.15, 0.2) is 18.5 Å². The highest BCUT2D eigenvalue weighted by atomic mass is 16.2. The van der Waals surface area contributed by atoms with Crippen molar-refractivity contribution in [1.29, 1.82) is 0 Å². The molecule has 1 amide bonds. The number of imidazole rings is 1. The molecule has 2 aromatic heterocycles. The van der Waals surface area contributed by atoms with E-state index in [9.17, 15) is 4.79 Å². The molecule has 1 aliphatic heterocycles. The Hall–Kier alpha value is -2.11. The molecule has 1 fully saturated rings. The SMILES string of the molecule is CCn1nccc1C(=O)N1CCC(CCn2c(C)cnc2C)CC1. The molecule has 130 valence electrons. The monoisotopic (exact) mass is 329 g/mol. The topological polar surface area (TPSA) is 56.0 Å². The van der Waals surface area contributed by atoms with Crippen molar-refractivity contribution in [2.24, 2.45) is 5.92 Å². The first-order chi connectivity index (χ1) is 11.6. The first-order valence-electron chi connectivity index (χ1n) is 8.90. The van der Waals surface area contributed by atoms with Gasteiger partial charge in [-0.1, -0.05) is 0 Å². The van der Waals surface area contributed by atoms with Crippen LogP contribution in [0, 0.1) is 19.8 Å². The molecule has 0 bridgehead atoms. The third-order valence-electron chi connectivity index (χ3n) is 5.15. The van der Waals surface area contributed by atoms with Crippen LogP contribution in [-0.4, -0.2) is 43.2 Å². The lowest BCUT2D eigenvalue weighted by atomic mass is 9.93. The molecule has 2 aromatic rings. The van der Waals surface area contributed by atoms with Crippen LogP contribution in [-0.2, 0) is 13.1 Å². The molecule has 6 heteroatoms. The summed E-state index contributed by atoms with van der Waals surface area (Å²) in [6.45, 7) is 9.63. The second-order valence-electron chi connectivity index (χ2n) is 6.65. The lowest BCUT2D eigenvalue weighted by molar-refractivity contribution is 0.0672. The lowest BCUT2D eigenvalue weighted by Gasteiger charge is -2.32. The number of rotatable bonds is 5. The van der Waals surface area contributed by atoms with Gasteiger partial charge in [0.25, 0.3) is 5.91 Å². The Kier molecular flexibility index (Phi) is 5.02. The molecule has 0 saturated carbocycles. The molecule has 1 saturated heterocycles. The summed E-state index contributed by atoms with van der Waals surface area (Å²) in [5, 5.41) is 4.20. The van der Waals surface area contributed by atoms with Gasteiger partial charge in [0.1, 0.15) is 11.5 Å². The molecule has 3 heterocycles. The number of aryl methyl sites for hydroxylation is 3.